The molecule has 1 spiro atoms. The first-order valence-corrected chi connectivity index (χ1v) is 9.74. The summed E-state index contributed by atoms with van der Waals surface area (Å²) in [5.41, 5.74) is 1.78. The zero-order valence-corrected chi connectivity index (χ0v) is 16.5. The number of rotatable bonds is 3. The van der Waals surface area contributed by atoms with E-state index in [9.17, 15) is 4.39 Å². The molecule has 5 rings (SSSR count). The van der Waals surface area contributed by atoms with Crippen molar-refractivity contribution < 1.29 is 4.39 Å². The van der Waals surface area contributed by atoms with Gasteiger partial charge in [0.2, 0.25) is 0 Å². The number of fused-ring (bicyclic) bond motifs is 1. The van der Waals surface area contributed by atoms with Gasteiger partial charge >= 0.3 is 0 Å². The number of aromatic nitrogens is 3. The Labute approximate surface area is 168 Å². The molecule has 2 N–H and O–H groups in total. The van der Waals surface area contributed by atoms with Crippen LogP contribution >= 0.6 is 27.5 Å². The fourth-order valence-electron chi connectivity index (χ4n) is 3.54. The number of benzene rings is 1. The lowest BCUT2D eigenvalue weighted by Gasteiger charge is -2.56. The Morgan fingerprint density at radius 1 is 1.22 bits per heavy atom. The van der Waals surface area contributed by atoms with E-state index in [1.54, 1.807) is 12.1 Å². The number of halogens is 3. The summed E-state index contributed by atoms with van der Waals surface area (Å²) in [6.45, 7) is 2.97. The van der Waals surface area contributed by atoms with Gasteiger partial charge in [0.25, 0.3) is 0 Å². The van der Waals surface area contributed by atoms with E-state index in [-0.39, 0.29) is 16.2 Å². The smallest absolute Gasteiger partial charge is 0.166 e. The molecule has 9 heteroatoms. The zero-order valence-electron chi connectivity index (χ0n) is 14.1. The Morgan fingerprint density at radius 3 is 2.78 bits per heavy atom. The van der Waals surface area contributed by atoms with E-state index in [2.05, 4.69) is 41.4 Å². The van der Waals surface area contributed by atoms with E-state index in [0.29, 0.717) is 21.3 Å². The molecule has 0 aliphatic carbocycles. The summed E-state index contributed by atoms with van der Waals surface area (Å²) in [7, 11) is 0. The van der Waals surface area contributed by atoms with E-state index in [0.717, 1.165) is 25.5 Å². The Morgan fingerprint density at radius 2 is 2.04 bits per heavy atom. The number of anilines is 3. The third kappa shape index (κ3) is 2.83. The number of hydrogen-bond acceptors (Lipinski definition) is 6. The topological polar surface area (TPSA) is 66.0 Å². The lowest BCUT2D eigenvalue weighted by atomic mass is 9.80. The second kappa shape index (κ2) is 6.25. The van der Waals surface area contributed by atoms with E-state index < -0.39 is 5.82 Å². The predicted octanol–water partition coefficient (Wildman–Crippen LogP) is 3.88. The van der Waals surface area contributed by atoms with Gasteiger partial charge in [-0.15, -0.1) is 0 Å². The van der Waals surface area contributed by atoms with E-state index >= 15 is 0 Å². The number of pyridine rings is 1. The molecule has 6 nitrogen and oxygen atoms in total. The van der Waals surface area contributed by atoms with Crippen LogP contribution in [0.2, 0.25) is 5.02 Å². The number of hydrogen-bond donors (Lipinski definition) is 2. The van der Waals surface area contributed by atoms with Crippen LogP contribution in [0, 0.1) is 5.82 Å². The maximum atomic E-state index is 14.4. The highest BCUT2D eigenvalue weighted by Crippen LogP contribution is 2.35. The van der Waals surface area contributed by atoms with E-state index in [4.69, 9.17) is 16.6 Å². The van der Waals surface area contributed by atoms with Gasteiger partial charge in [-0.05, 0) is 53.2 Å². The van der Waals surface area contributed by atoms with Gasteiger partial charge in [0.1, 0.15) is 17.7 Å². The highest BCUT2D eigenvalue weighted by molar-refractivity contribution is 9.10. The van der Waals surface area contributed by atoms with Crippen LogP contribution in [-0.2, 0) is 0 Å². The van der Waals surface area contributed by atoms with Gasteiger partial charge < -0.3 is 15.5 Å². The minimum absolute atomic E-state index is 0.0193. The normalized spacial score (nSPS) is 17.7. The van der Waals surface area contributed by atoms with Crippen LogP contribution in [0.5, 0.6) is 0 Å². The standard InChI is InChI=1S/C18H15BrClFN6/c19-10-1-2-11(15(21)14(10)20)25-17-16-12(22-9-23-17)3-4-13(26-16)27-7-18(8-27)5-6-24-18/h1-4,9,24H,5-8H2,(H,22,23,25). The fraction of sp³-hybridized carbons (Fsp3) is 0.278. The molecule has 2 aliphatic heterocycles. The highest BCUT2D eigenvalue weighted by Gasteiger charge is 2.47. The summed E-state index contributed by atoms with van der Waals surface area (Å²) < 4.78 is 14.9. The van der Waals surface area contributed by atoms with Crippen molar-refractivity contribution >= 4 is 55.9 Å². The lowest BCUT2D eigenvalue weighted by Crippen LogP contribution is -2.76. The van der Waals surface area contributed by atoms with Crippen molar-refractivity contribution in [1.82, 2.24) is 20.3 Å². The predicted molar refractivity (Wildman–Crippen MR) is 107 cm³/mol. The van der Waals surface area contributed by atoms with Gasteiger partial charge in [-0.1, -0.05) is 11.6 Å². The minimum Gasteiger partial charge on any atom is -0.353 e. The molecule has 0 atom stereocenters. The van der Waals surface area contributed by atoms with Gasteiger partial charge in [0, 0.05) is 17.6 Å². The molecule has 138 valence electrons. The molecule has 3 aromatic rings. The van der Waals surface area contributed by atoms with Gasteiger partial charge in [-0.3, -0.25) is 0 Å². The summed E-state index contributed by atoms with van der Waals surface area (Å²) in [5, 5.41) is 6.51. The molecule has 0 amide bonds. The Bertz CT molecular complexity index is 1050. The van der Waals surface area contributed by atoms with Crippen molar-refractivity contribution in [2.45, 2.75) is 12.0 Å². The second-order valence-electron chi connectivity index (χ2n) is 6.92. The van der Waals surface area contributed by atoms with Crippen molar-refractivity contribution in [2.75, 3.05) is 29.9 Å². The van der Waals surface area contributed by atoms with Crippen molar-refractivity contribution in [3.63, 3.8) is 0 Å². The summed E-state index contributed by atoms with van der Waals surface area (Å²) in [4.78, 5) is 15.5. The third-order valence-electron chi connectivity index (χ3n) is 5.17. The first kappa shape index (κ1) is 17.1. The second-order valence-corrected chi connectivity index (χ2v) is 8.15. The van der Waals surface area contributed by atoms with Crippen LogP contribution in [0.3, 0.4) is 0 Å². The Hall–Kier alpha value is -2.03. The molecule has 0 bridgehead atoms. The molecular formula is C18H15BrClFN6. The molecule has 0 unspecified atom stereocenters. The fourth-order valence-corrected chi connectivity index (χ4v) is 4.01. The van der Waals surface area contributed by atoms with Gasteiger partial charge in [0.05, 0.1) is 21.8 Å². The Kier molecular flexibility index (Phi) is 3.96. The van der Waals surface area contributed by atoms with E-state index in [1.165, 1.54) is 12.7 Å². The van der Waals surface area contributed by atoms with Gasteiger partial charge in [0.15, 0.2) is 11.6 Å². The van der Waals surface area contributed by atoms with Crippen LogP contribution in [0.15, 0.2) is 35.1 Å². The Balaban J connectivity index is 1.49. The maximum Gasteiger partial charge on any atom is 0.166 e. The van der Waals surface area contributed by atoms with Crippen molar-refractivity contribution in [3.8, 4) is 0 Å². The van der Waals surface area contributed by atoms with Crippen molar-refractivity contribution in [2.24, 2.45) is 0 Å². The largest absolute Gasteiger partial charge is 0.353 e. The van der Waals surface area contributed by atoms with Gasteiger partial charge in [-0.25, -0.2) is 19.3 Å². The summed E-state index contributed by atoms with van der Waals surface area (Å²) in [6, 6.07) is 7.15. The quantitative estimate of drug-likeness (QED) is 0.592. The van der Waals surface area contributed by atoms with Gasteiger partial charge in [-0.2, -0.15) is 0 Å². The summed E-state index contributed by atoms with van der Waals surface area (Å²) in [6.07, 6.45) is 2.64. The molecule has 0 saturated carbocycles. The average molecular weight is 450 g/mol. The maximum absolute atomic E-state index is 14.4. The average Bonchev–Trinajstić information content (AvgIpc) is 2.60. The molecule has 4 heterocycles. The SMILES string of the molecule is Fc1c(Nc2ncnc3ccc(N4CC5(CCN5)C4)nc23)ccc(Br)c1Cl. The van der Waals surface area contributed by atoms with Crippen LogP contribution < -0.4 is 15.5 Å². The molecule has 2 fully saturated rings. The zero-order chi connectivity index (χ0) is 18.6. The molecule has 2 aliphatic rings. The molecule has 2 saturated heterocycles. The van der Waals surface area contributed by atoms with Crippen LogP contribution in [0.1, 0.15) is 6.42 Å². The third-order valence-corrected chi connectivity index (χ3v) is 6.43. The van der Waals surface area contributed by atoms with Crippen molar-refractivity contribution in [3.05, 3.63) is 45.9 Å². The molecule has 1 aromatic carbocycles. The summed E-state index contributed by atoms with van der Waals surface area (Å²) in [5.74, 6) is 0.764. The molecule has 2 aromatic heterocycles. The number of nitrogens with one attached hydrogen (secondary N) is 2. The van der Waals surface area contributed by atoms with Crippen LogP contribution in [0.25, 0.3) is 11.0 Å². The summed E-state index contributed by atoms with van der Waals surface area (Å²) >= 11 is 9.20. The lowest BCUT2D eigenvalue weighted by molar-refractivity contribution is 0.159. The van der Waals surface area contributed by atoms with Crippen LogP contribution in [0.4, 0.5) is 21.7 Å². The monoisotopic (exact) mass is 448 g/mol. The first-order valence-electron chi connectivity index (χ1n) is 8.57. The van der Waals surface area contributed by atoms with E-state index in [1.807, 2.05) is 12.1 Å². The minimum atomic E-state index is -0.547. The molecule has 0 radical (unpaired) electrons. The molecule has 27 heavy (non-hydrogen) atoms. The number of nitrogens with zero attached hydrogens (tertiary/aromatic N) is 4. The highest BCUT2D eigenvalue weighted by atomic mass is 79.9. The molecular weight excluding hydrogens is 435 g/mol. The van der Waals surface area contributed by atoms with Crippen molar-refractivity contribution in [1.29, 1.82) is 0 Å². The van der Waals surface area contributed by atoms with Crippen LogP contribution in [-0.4, -0.2) is 40.1 Å². The first-order chi connectivity index (χ1) is 13.0.